The summed E-state index contributed by atoms with van der Waals surface area (Å²) in [5.74, 6) is 0.735. The topological polar surface area (TPSA) is 25.8 Å². The molecule has 1 aromatic rings. The fourth-order valence-corrected chi connectivity index (χ4v) is 2.09. The quantitative estimate of drug-likeness (QED) is 0.573. The fraction of sp³-hybridized carbons (Fsp3) is 0.556. The van der Waals surface area contributed by atoms with Gasteiger partial charge in [0.05, 0.1) is 0 Å². The third-order valence-electron chi connectivity index (χ3n) is 1.68. The molecule has 1 rings (SSSR count). The number of aromatic nitrogens is 2. The number of halogens is 1. The predicted molar refractivity (Wildman–Crippen MR) is 57.4 cm³/mol. The molecule has 0 N–H and O–H groups in total. The van der Waals surface area contributed by atoms with Crippen molar-refractivity contribution in [3.05, 3.63) is 17.0 Å². The van der Waals surface area contributed by atoms with Crippen LogP contribution < -0.4 is 0 Å². The van der Waals surface area contributed by atoms with E-state index >= 15 is 0 Å². The van der Waals surface area contributed by atoms with Crippen molar-refractivity contribution in [1.82, 2.24) is 9.97 Å². The highest BCUT2D eigenvalue weighted by atomic mass is 35.5. The molecule has 0 aliphatic rings. The molecule has 0 saturated heterocycles. The maximum absolute atomic E-state index is 5.81. The minimum absolute atomic E-state index is 0.526. The second-order valence-electron chi connectivity index (χ2n) is 2.91. The lowest BCUT2D eigenvalue weighted by Gasteiger charge is -2.07. The van der Waals surface area contributed by atoms with Gasteiger partial charge >= 0.3 is 0 Å². The first kappa shape index (κ1) is 10.8. The smallest absolute Gasteiger partial charge is 0.133 e. The highest BCUT2D eigenvalue weighted by Crippen LogP contribution is 2.24. The van der Waals surface area contributed by atoms with Crippen LogP contribution >= 0.6 is 23.4 Å². The van der Waals surface area contributed by atoms with Crippen molar-refractivity contribution >= 4 is 23.4 Å². The van der Waals surface area contributed by atoms with Gasteiger partial charge in [-0.2, -0.15) is 0 Å². The van der Waals surface area contributed by atoms with Gasteiger partial charge in [0.1, 0.15) is 16.0 Å². The predicted octanol–water partition coefficient (Wildman–Crippen LogP) is 3.33. The van der Waals surface area contributed by atoms with E-state index in [0.717, 1.165) is 17.3 Å². The van der Waals surface area contributed by atoms with Gasteiger partial charge in [0.25, 0.3) is 0 Å². The molecular formula is C9H13ClN2S. The van der Waals surface area contributed by atoms with Crippen molar-refractivity contribution < 1.29 is 0 Å². The van der Waals surface area contributed by atoms with E-state index in [1.807, 2.05) is 13.0 Å². The first-order valence-electron chi connectivity index (χ1n) is 4.29. The number of hydrogen-bond donors (Lipinski definition) is 0. The van der Waals surface area contributed by atoms with Crippen molar-refractivity contribution in [2.24, 2.45) is 0 Å². The highest BCUT2D eigenvalue weighted by molar-refractivity contribution is 7.99. The third kappa shape index (κ3) is 3.53. The summed E-state index contributed by atoms with van der Waals surface area (Å²) < 4.78 is 0. The van der Waals surface area contributed by atoms with E-state index in [9.17, 15) is 0 Å². The van der Waals surface area contributed by atoms with Gasteiger partial charge in [0.15, 0.2) is 0 Å². The molecule has 1 aromatic heterocycles. The molecule has 0 aliphatic heterocycles. The first-order valence-corrected chi connectivity index (χ1v) is 5.55. The van der Waals surface area contributed by atoms with Gasteiger partial charge in [-0.15, -0.1) is 11.8 Å². The molecule has 2 nitrogen and oxygen atoms in total. The van der Waals surface area contributed by atoms with Crippen molar-refractivity contribution in [3.8, 4) is 0 Å². The van der Waals surface area contributed by atoms with Crippen LogP contribution in [0.1, 0.15) is 26.1 Å². The van der Waals surface area contributed by atoms with Gasteiger partial charge in [0, 0.05) is 11.3 Å². The van der Waals surface area contributed by atoms with Crippen LogP contribution in [-0.4, -0.2) is 15.2 Å². The van der Waals surface area contributed by atoms with Gasteiger partial charge < -0.3 is 0 Å². The van der Waals surface area contributed by atoms with E-state index < -0.39 is 0 Å². The Bertz CT molecular complexity index is 271. The molecule has 1 unspecified atom stereocenters. The molecule has 0 amide bonds. The van der Waals surface area contributed by atoms with Crippen LogP contribution in [-0.2, 0) is 0 Å². The van der Waals surface area contributed by atoms with Gasteiger partial charge in [0.2, 0.25) is 0 Å². The molecule has 1 atom stereocenters. The Labute approximate surface area is 88.1 Å². The Balaban J connectivity index is 2.77. The lowest BCUT2D eigenvalue weighted by Crippen LogP contribution is -1.96. The van der Waals surface area contributed by atoms with Crippen molar-refractivity contribution in [2.45, 2.75) is 37.5 Å². The van der Waals surface area contributed by atoms with Crippen LogP contribution in [0, 0.1) is 6.92 Å². The maximum Gasteiger partial charge on any atom is 0.133 e. The summed E-state index contributed by atoms with van der Waals surface area (Å²) in [7, 11) is 0. The zero-order chi connectivity index (χ0) is 9.84. The second-order valence-corrected chi connectivity index (χ2v) is 4.76. The molecular weight excluding hydrogens is 204 g/mol. The standard InChI is InChI=1S/C9H13ClN2S/c1-4-6(2)13-9-5-8(10)11-7(3)12-9/h5-6H,4H2,1-3H3. The molecule has 0 fully saturated rings. The van der Waals surface area contributed by atoms with E-state index in [2.05, 4.69) is 23.8 Å². The van der Waals surface area contributed by atoms with Gasteiger partial charge in [-0.3, -0.25) is 0 Å². The summed E-state index contributed by atoms with van der Waals surface area (Å²) in [6.07, 6.45) is 1.13. The van der Waals surface area contributed by atoms with E-state index in [1.165, 1.54) is 0 Å². The summed E-state index contributed by atoms with van der Waals surface area (Å²) in [6.45, 7) is 6.19. The van der Waals surface area contributed by atoms with Crippen LogP contribution in [0.4, 0.5) is 0 Å². The Morgan fingerprint density at radius 1 is 1.54 bits per heavy atom. The SMILES string of the molecule is CCC(C)Sc1cc(Cl)nc(C)n1. The van der Waals surface area contributed by atoms with Crippen LogP contribution in [0.15, 0.2) is 11.1 Å². The zero-order valence-electron chi connectivity index (χ0n) is 8.04. The average molecular weight is 217 g/mol. The van der Waals surface area contributed by atoms with Crippen LogP contribution in [0.3, 0.4) is 0 Å². The number of aryl methyl sites for hydroxylation is 1. The summed E-state index contributed by atoms with van der Waals surface area (Å²) in [5.41, 5.74) is 0. The molecule has 0 radical (unpaired) electrons. The second kappa shape index (κ2) is 4.82. The van der Waals surface area contributed by atoms with Crippen molar-refractivity contribution in [3.63, 3.8) is 0 Å². The Morgan fingerprint density at radius 3 is 2.77 bits per heavy atom. The van der Waals surface area contributed by atoms with E-state index in [0.29, 0.717) is 10.4 Å². The van der Waals surface area contributed by atoms with Gasteiger partial charge in [-0.25, -0.2) is 9.97 Å². The van der Waals surface area contributed by atoms with E-state index in [1.54, 1.807) is 11.8 Å². The summed E-state index contributed by atoms with van der Waals surface area (Å²) in [4.78, 5) is 8.30. The molecule has 0 spiro atoms. The Morgan fingerprint density at radius 2 is 2.23 bits per heavy atom. The van der Waals surface area contributed by atoms with Crippen LogP contribution in [0.2, 0.25) is 5.15 Å². The number of hydrogen-bond acceptors (Lipinski definition) is 3. The maximum atomic E-state index is 5.81. The minimum Gasteiger partial charge on any atom is -0.227 e. The van der Waals surface area contributed by atoms with E-state index in [4.69, 9.17) is 11.6 Å². The lowest BCUT2D eigenvalue weighted by atomic mass is 10.4. The minimum atomic E-state index is 0.526. The van der Waals surface area contributed by atoms with Crippen LogP contribution in [0.5, 0.6) is 0 Å². The summed E-state index contributed by atoms with van der Waals surface area (Å²) in [5, 5.41) is 2.07. The van der Waals surface area contributed by atoms with Gasteiger partial charge in [-0.05, 0) is 13.3 Å². The normalized spacial score (nSPS) is 12.9. The number of thioether (sulfide) groups is 1. The molecule has 0 aromatic carbocycles. The van der Waals surface area contributed by atoms with Gasteiger partial charge in [-0.1, -0.05) is 25.4 Å². The molecule has 13 heavy (non-hydrogen) atoms. The molecule has 72 valence electrons. The Hall–Kier alpha value is -0.280. The number of rotatable bonds is 3. The fourth-order valence-electron chi connectivity index (χ4n) is 0.855. The molecule has 1 heterocycles. The van der Waals surface area contributed by atoms with E-state index in [-0.39, 0.29) is 0 Å². The molecule has 0 aliphatic carbocycles. The molecule has 0 saturated carbocycles. The van der Waals surface area contributed by atoms with Crippen molar-refractivity contribution in [2.75, 3.05) is 0 Å². The van der Waals surface area contributed by atoms with Crippen molar-refractivity contribution in [1.29, 1.82) is 0 Å². The lowest BCUT2D eigenvalue weighted by molar-refractivity contribution is 0.893. The first-order chi connectivity index (χ1) is 6.11. The van der Waals surface area contributed by atoms with Crippen LogP contribution in [0.25, 0.3) is 0 Å². The third-order valence-corrected chi connectivity index (χ3v) is 3.06. The zero-order valence-corrected chi connectivity index (χ0v) is 9.61. The monoisotopic (exact) mass is 216 g/mol. The summed E-state index contributed by atoms with van der Waals surface area (Å²) >= 11 is 7.55. The average Bonchev–Trinajstić information content (AvgIpc) is 2.02. The molecule has 4 heteroatoms. The highest BCUT2D eigenvalue weighted by Gasteiger charge is 2.05. The Kier molecular flexibility index (Phi) is 4.00. The summed E-state index contributed by atoms with van der Waals surface area (Å²) in [6, 6.07) is 1.81. The molecule has 0 bridgehead atoms. The number of nitrogens with zero attached hydrogens (tertiary/aromatic N) is 2. The largest absolute Gasteiger partial charge is 0.227 e.